The molecule has 0 unspecified atom stereocenters. The molecule has 4 heteroatoms. The molecule has 0 aromatic heterocycles. The highest BCUT2D eigenvalue weighted by Crippen LogP contribution is 2.11. The third-order valence-corrected chi connectivity index (χ3v) is 1.76. The summed E-state index contributed by atoms with van der Waals surface area (Å²) in [4.78, 5) is 0. The number of halogens is 1. The maximum Gasteiger partial charge on any atom is 0.0809 e. The van der Waals surface area contributed by atoms with E-state index in [9.17, 15) is 0 Å². The first-order valence-corrected chi connectivity index (χ1v) is 3.69. The zero-order valence-corrected chi connectivity index (χ0v) is 7.60. The number of nitrogens with two attached hydrogens (primary N) is 1. The topological polar surface area (TPSA) is 44.5 Å². The molecule has 0 amide bonds. The highest BCUT2D eigenvalue weighted by atomic mass is 35.5. The second-order valence-electron chi connectivity index (χ2n) is 2.75. The zero-order valence-electron chi connectivity index (χ0n) is 6.79. The van der Waals surface area contributed by atoms with E-state index in [4.69, 9.17) is 15.2 Å². The SMILES string of the molecule is COC[C@@H]1CC[C@@H](N)CO1.Cl. The van der Waals surface area contributed by atoms with E-state index in [2.05, 4.69) is 0 Å². The fraction of sp³-hybridized carbons (Fsp3) is 1.00. The summed E-state index contributed by atoms with van der Waals surface area (Å²) in [6.45, 7) is 1.39. The normalized spacial score (nSPS) is 31.1. The Kier molecular flexibility index (Phi) is 5.86. The van der Waals surface area contributed by atoms with Gasteiger partial charge in [0.05, 0.1) is 19.3 Å². The van der Waals surface area contributed by atoms with Crippen LogP contribution in [0.1, 0.15) is 12.8 Å². The Bertz CT molecular complexity index is 94.4. The van der Waals surface area contributed by atoms with Crippen molar-refractivity contribution in [2.45, 2.75) is 25.0 Å². The van der Waals surface area contributed by atoms with Gasteiger partial charge in [-0.15, -0.1) is 12.4 Å². The Hall–Kier alpha value is 0.170. The van der Waals surface area contributed by atoms with Crippen LogP contribution >= 0.6 is 12.4 Å². The lowest BCUT2D eigenvalue weighted by atomic mass is 10.1. The molecule has 3 nitrogen and oxygen atoms in total. The number of hydrogen-bond acceptors (Lipinski definition) is 3. The van der Waals surface area contributed by atoms with Crippen molar-refractivity contribution in [1.29, 1.82) is 0 Å². The Morgan fingerprint density at radius 2 is 2.27 bits per heavy atom. The molecule has 0 saturated carbocycles. The molecule has 68 valence electrons. The largest absolute Gasteiger partial charge is 0.382 e. The first-order valence-electron chi connectivity index (χ1n) is 3.69. The number of methoxy groups -OCH3 is 1. The number of ether oxygens (including phenoxy) is 2. The van der Waals surface area contributed by atoms with Crippen molar-refractivity contribution in [3.05, 3.63) is 0 Å². The molecular formula is C7H16ClNO2. The standard InChI is InChI=1S/C7H15NO2.ClH/c1-9-5-7-3-2-6(8)4-10-7;/h6-7H,2-5,8H2,1H3;1H/t6-,7+;/m1./s1. The third kappa shape index (κ3) is 3.91. The quantitative estimate of drug-likeness (QED) is 0.677. The van der Waals surface area contributed by atoms with E-state index in [1.165, 1.54) is 0 Å². The van der Waals surface area contributed by atoms with Gasteiger partial charge in [-0.1, -0.05) is 0 Å². The van der Waals surface area contributed by atoms with Gasteiger partial charge in [0.1, 0.15) is 0 Å². The average molecular weight is 182 g/mol. The minimum Gasteiger partial charge on any atom is -0.382 e. The first kappa shape index (κ1) is 11.2. The van der Waals surface area contributed by atoms with Crippen molar-refractivity contribution in [3.63, 3.8) is 0 Å². The monoisotopic (exact) mass is 181 g/mol. The van der Waals surface area contributed by atoms with Crippen molar-refractivity contribution < 1.29 is 9.47 Å². The van der Waals surface area contributed by atoms with E-state index in [0.29, 0.717) is 13.2 Å². The molecule has 1 rings (SSSR count). The molecule has 0 aromatic carbocycles. The molecule has 11 heavy (non-hydrogen) atoms. The maximum absolute atomic E-state index is 5.63. The lowest BCUT2D eigenvalue weighted by molar-refractivity contribution is -0.0363. The van der Waals surface area contributed by atoms with Crippen LogP contribution in [0, 0.1) is 0 Å². The predicted octanol–water partition coefficient (Wildman–Crippen LogP) is 0.561. The van der Waals surface area contributed by atoms with Crippen LogP contribution in [0.3, 0.4) is 0 Å². The summed E-state index contributed by atoms with van der Waals surface area (Å²) in [6.07, 6.45) is 2.38. The van der Waals surface area contributed by atoms with Gasteiger partial charge in [-0.3, -0.25) is 0 Å². The highest BCUT2D eigenvalue weighted by Gasteiger charge is 2.17. The Balaban J connectivity index is 0.000001000. The second kappa shape index (κ2) is 5.77. The second-order valence-corrected chi connectivity index (χ2v) is 2.75. The summed E-state index contributed by atoms with van der Waals surface area (Å²) in [5.41, 5.74) is 5.63. The summed E-state index contributed by atoms with van der Waals surface area (Å²) >= 11 is 0. The molecule has 0 aromatic rings. The summed E-state index contributed by atoms with van der Waals surface area (Å²) in [5, 5.41) is 0. The lowest BCUT2D eigenvalue weighted by Crippen LogP contribution is -2.37. The molecule has 1 saturated heterocycles. The van der Waals surface area contributed by atoms with Gasteiger partial charge in [0, 0.05) is 13.2 Å². The van der Waals surface area contributed by atoms with Crippen LogP contribution in [-0.2, 0) is 9.47 Å². The predicted molar refractivity (Wildman–Crippen MR) is 46.1 cm³/mol. The molecule has 1 aliphatic rings. The van der Waals surface area contributed by atoms with Gasteiger partial charge >= 0.3 is 0 Å². The highest BCUT2D eigenvalue weighted by molar-refractivity contribution is 5.85. The van der Waals surface area contributed by atoms with E-state index < -0.39 is 0 Å². The van der Waals surface area contributed by atoms with Crippen molar-refractivity contribution in [2.75, 3.05) is 20.3 Å². The zero-order chi connectivity index (χ0) is 7.40. The van der Waals surface area contributed by atoms with Gasteiger partial charge in [-0.05, 0) is 12.8 Å². The van der Waals surface area contributed by atoms with Gasteiger partial charge < -0.3 is 15.2 Å². The molecule has 0 aliphatic carbocycles. The fourth-order valence-corrected chi connectivity index (χ4v) is 1.14. The molecule has 1 aliphatic heterocycles. The maximum atomic E-state index is 5.63. The summed E-state index contributed by atoms with van der Waals surface area (Å²) < 4.78 is 10.3. The van der Waals surface area contributed by atoms with E-state index in [1.54, 1.807) is 7.11 Å². The Morgan fingerprint density at radius 3 is 2.73 bits per heavy atom. The number of hydrogen-bond donors (Lipinski definition) is 1. The van der Waals surface area contributed by atoms with Crippen molar-refractivity contribution in [2.24, 2.45) is 5.73 Å². The molecule has 0 bridgehead atoms. The van der Waals surface area contributed by atoms with Gasteiger partial charge in [0.15, 0.2) is 0 Å². The van der Waals surface area contributed by atoms with Crippen LogP contribution in [0.25, 0.3) is 0 Å². The van der Waals surface area contributed by atoms with E-state index >= 15 is 0 Å². The van der Waals surface area contributed by atoms with E-state index in [0.717, 1.165) is 12.8 Å². The van der Waals surface area contributed by atoms with E-state index in [1.807, 2.05) is 0 Å². The van der Waals surface area contributed by atoms with Gasteiger partial charge in [0.25, 0.3) is 0 Å². The van der Waals surface area contributed by atoms with Crippen LogP contribution in [0.15, 0.2) is 0 Å². The molecule has 1 heterocycles. The van der Waals surface area contributed by atoms with Gasteiger partial charge in [0.2, 0.25) is 0 Å². The van der Waals surface area contributed by atoms with Crippen LogP contribution in [0.5, 0.6) is 0 Å². The molecule has 2 atom stereocenters. The minimum atomic E-state index is 0. The van der Waals surface area contributed by atoms with Crippen molar-refractivity contribution in [3.8, 4) is 0 Å². The Labute approximate surface area is 73.6 Å². The summed E-state index contributed by atoms with van der Waals surface area (Å²) in [6, 6.07) is 0.244. The van der Waals surface area contributed by atoms with Crippen LogP contribution in [0.4, 0.5) is 0 Å². The molecule has 0 radical (unpaired) electrons. The Morgan fingerprint density at radius 1 is 1.55 bits per heavy atom. The molecular weight excluding hydrogens is 166 g/mol. The smallest absolute Gasteiger partial charge is 0.0809 e. The molecule has 2 N–H and O–H groups in total. The van der Waals surface area contributed by atoms with Crippen molar-refractivity contribution in [1.82, 2.24) is 0 Å². The third-order valence-electron chi connectivity index (χ3n) is 1.76. The summed E-state index contributed by atoms with van der Waals surface area (Å²) in [7, 11) is 1.69. The van der Waals surface area contributed by atoms with Gasteiger partial charge in [-0.2, -0.15) is 0 Å². The van der Waals surface area contributed by atoms with Crippen LogP contribution in [0.2, 0.25) is 0 Å². The van der Waals surface area contributed by atoms with Gasteiger partial charge in [-0.25, -0.2) is 0 Å². The average Bonchev–Trinajstić information content (AvgIpc) is 1.95. The summed E-state index contributed by atoms with van der Waals surface area (Å²) in [5.74, 6) is 0. The first-order chi connectivity index (χ1) is 4.83. The minimum absolute atomic E-state index is 0. The van der Waals surface area contributed by atoms with Crippen molar-refractivity contribution >= 4 is 12.4 Å². The molecule has 1 fully saturated rings. The fourth-order valence-electron chi connectivity index (χ4n) is 1.14. The number of rotatable bonds is 2. The van der Waals surface area contributed by atoms with Crippen LogP contribution < -0.4 is 5.73 Å². The van der Waals surface area contributed by atoms with E-state index in [-0.39, 0.29) is 24.6 Å². The molecule has 0 spiro atoms. The van der Waals surface area contributed by atoms with Crippen LogP contribution in [-0.4, -0.2) is 32.5 Å². The lowest BCUT2D eigenvalue weighted by Gasteiger charge is -2.25.